The molecular formula is C14H9F5N2O. The number of nitrogens with one attached hydrogen (secondary N) is 1. The van der Waals surface area contributed by atoms with Crippen LogP contribution in [0.15, 0.2) is 29.4 Å². The molecule has 0 heterocycles. The van der Waals surface area contributed by atoms with Crippen molar-refractivity contribution >= 4 is 11.9 Å². The second kappa shape index (κ2) is 6.42. The number of benzene rings is 2. The smallest absolute Gasteiger partial charge is 0.200 e. The van der Waals surface area contributed by atoms with Gasteiger partial charge in [-0.2, -0.15) is 5.10 Å². The van der Waals surface area contributed by atoms with E-state index in [2.05, 4.69) is 5.10 Å². The maximum absolute atomic E-state index is 13.4. The number of hydrazone groups is 1. The summed E-state index contributed by atoms with van der Waals surface area (Å²) in [5.41, 5.74) is 1.11. The number of hydrogen-bond acceptors (Lipinski definition) is 3. The van der Waals surface area contributed by atoms with Crippen molar-refractivity contribution in [3.63, 3.8) is 0 Å². The molecule has 2 rings (SSSR count). The summed E-state index contributed by atoms with van der Waals surface area (Å²) in [6.07, 6.45) is 1.15. The van der Waals surface area contributed by atoms with E-state index in [1.807, 2.05) is 5.43 Å². The molecule has 0 aliphatic heterocycles. The summed E-state index contributed by atoms with van der Waals surface area (Å²) in [4.78, 5) is 0. The molecule has 2 aromatic rings. The molecule has 0 atom stereocenters. The van der Waals surface area contributed by atoms with Crippen molar-refractivity contribution in [1.29, 1.82) is 0 Å². The molecule has 22 heavy (non-hydrogen) atoms. The molecule has 3 nitrogen and oxygen atoms in total. The minimum atomic E-state index is -2.22. The second-order valence-electron chi connectivity index (χ2n) is 4.09. The van der Waals surface area contributed by atoms with Crippen LogP contribution in [-0.4, -0.2) is 13.3 Å². The lowest BCUT2D eigenvalue weighted by Gasteiger charge is -2.07. The van der Waals surface area contributed by atoms with Crippen LogP contribution in [0.25, 0.3) is 0 Å². The van der Waals surface area contributed by atoms with Crippen LogP contribution in [-0.2, 0) is 0 Å². The van der Waals surface area contributed by atoms with Crippen LogP contribution in [0.5, 0.6) is 5.75 Å². The Morgan fingerprint density at radius 3 is 1.86 bits per heavy atom. The van der Waals surface area contributed by atoms with Crippen molar-refractivity contribution in [1.82, 2.24) is 0 Å². The highest BCUT2D eigenvalue weighted by Crippen LogP contribution is 2.27. The molecule has 0 fully saturated rings. The molecule has 0 spiro atoms. The summed E-state index contributed by atoms with van der Waals surface area (Å²) in [7, 11) is 1.48. The van der Waals surface area contributed by atoms with Gasteiger partial charge in [-0.3, -0.25) is 5.43 Å². The van der Waals surface area contributed by atoms with Gasteiger partial charge in [0.1, 0.15) is 11.4 Å². The highest BCUT2D eigenvalue weighted by molar-refractivity contribution is 5.80. The zero-order valence-electron chi connectivity index (χ0n) is 11.1. The lowest BCUT2D eigenvalue weighted by molar-refractivity contribution is 0.381. The molecular weight excluding hydrogens is 307 g/mol. The van der Waals surface area contributed by atoms with Crippen LogP contribution in [0.4, 0.5) is 27.6 Å². The Kier molecular flexibility index (Phi) is 4.59. The lowest BCUT2D eigenvalue weighted by atomic mass is 10.2. The molecule has 0 aliphatic carbocycles. The predicted molar refractivity (Wildman–Crippen MR) is 70.4 cm³/mol. The molecule has 0 aliphatic rings. The number of nitrogens with zero attached hydrogens (tertiary/aromatic N) is 1. The fourth-order valence-corrected chi connectivity index (χ4v) is 1.56. The lowest BCUT2D eigenvalue weighted by Crippen LogP contribution is -2.06. The average Bonchev–Trinajstić information content (AvgIpc) is 2.55. The summed E-state index contributed by atoms with van der Waals surface area (Å²) >= 11 is 0. The van der Waals surface area contributed by atoms with Crippen molar-refractivity contribution < 1.29 is 26.7 Å². The van der Waals surface area contributed by atoms with E-state index in [4.69, 9.17) is 4.74 Å². The third-order valence-electron chi connectivity index (χ3n) is 2.72. The Morgan fingerprint density at radius 1 is 0.864 bits per heavy atom. The zero-order chi connectivity index (χ0) is 16.3. The van der Waals surface area contributed by atoms with Gasteiger partial charge < -0.3 is 4.74 Å². The molecule has 116 valence electrons. The van der Waals surface area contributed by atoms with E-state index in [0.717, 1.165) is 6.21 Å². The number of ether oxygens (including phenoxy) is 1. The summed E-state index contributed by atoms with van der Waals surface area (Å²) in [5, 5.41) is 3.45. The van der Waals surface area contributed by atoms with Crippen LogP contribution < -0.4 is 10.2 Å². The van der Waals surface area contributed by atoms with Crippen molar-refractivity contribution in [2.24, 2.45) is 5.10 Å². The maximum atomic E-state index is 13.4. The Balaban J connectivity index is 2.22. The van der Waals surface area contributed by atoms with Crippen LogP contribution in [0.1, 0.15) is 5.56 Å². The fourth-order valence-electron chi connectivity index (χ4n) is 1.56. The highest BCUT2D eigenvalue weighted by atomic mass is 19.2. The molecule has 0 saturated heterocycles. The summed E-state index contributed by atoms with van der Waals surface area (Å²) in [6.45, 7) is 0. The fraction of sp³-hybridized carbons (Fsp3) is 0.0714. The van der Waals surface area contributed by atoms with Crippen molar-refractivity contribution in [2.45, 2.75) is 0 Å². The molecule has 0 unspecified atom stereocenters. The maximum Gasteiger partial charge on any atom is 0.200 e. The Bertz CT molecular complexity index is 687. The van der Waals surface area contributed by atoms with Crippen LogP contribution in [0.2, 0.25) is 0 Å². The van der Waals surface area contributed by atoms with Gasteiger partial charge in [0, 0.05) is 0 Å². The molecule has 0 bridgehead atoms. The van der Waals surface area contributed by atoms with Crippen LogP contribution in [0.3, 0.4) is 0 Å². The number of methoxy groups -OCH3 is 1. The van der Waals surface area contributed by atoms with Gasteiger partial charge in [-0.05, 0) is 29.8 Å². The van der Waals surface area contributed by atoms with E-state index in [9.17, 15) is 22.0 Å². The van der Waals surface area contributed by atoms with Crippen LogP contribution >= 0.6 is 0 Å². The van der Waals surface area contributed by atoms with Crippen molar-refractivity contribution in [3.8, 4) is 5.75 Å². The Hall–Kier alpha value is -2.64. The van der Waals surface area contributed by atoms with E-state index in [0.29, 0.717) is 11.3 Å². The highest BCUT2D eigenvalue weighted by Gasteiger charge is 2.25. The van der Waals surface area contributed by atoms with Gasteiger partial charge in [0.2, 0.25) is 5.82 Å². The number of hydrogen-bond donors (Lipinski definition) is 1. The first kappa shape index (κ1) is 15.7. The van der Waals surface area contributed by atoms with E-state index in [1.54, 1.807) is 24.3 Å². The summed E-state index contributed by atoms with van der Waals surface area (Å²) in [5.74, 6) is -9.68. The molecule has 8 heteroatoms. The quantitative estimate of drug-likeness (QED) is 0.306. The first-order chi connectivity index (χ1) is 10.5. The van der Waals surface area contributed by atoms with Gasteiger partial charge in [0.25, 0.3) is 0 Å². The first-order valence-electron chi connectivity index (χ1n) is 5.90. The second-order valence-corrected chi connectivity index (χ2v) is 4.09. The van der Waals surface area contributed by atoms with Gasteiger partial charge in [0.15, 0.2) is 23.3 Å². The summed E-state index contributed by atoms with van der Waals surface area (Å²) < 4.78 is 70.4. The zero-order valence-corrected chi connectivity index (χ0v) is 11.1. The topological polar surface area (TPSA) is 33.6 Å². The molecule has 1 N–H and O–H groups in total. The SMILES string of the molecule is COc1ccc(/C=N\Nc2c(F)c(F)c(F)c(F)c2F)cc1. The number of halogens is 5. The minimum absolute atomic E-state index is 0.525. The van der Waals surface area contributed by atoms with Gasteiger partial charge in [-0.15, -0.1) is 0 Å². The molecule has 0 aromatic heterocycles. The van der Waals surface area contributed by atoms with Crippen LogP contribution in [0, 0.1) is 29.1 Å². The third kappa shape index (κ3) is 3.00. The van der Waals surface area contributed by atoms with Gasteiger partial charge >= 0.3 is 0 Å². The summed E-state index contributed by atoms with van der Waals surface area (Å²) in [6, 6.07) is 6.39. The molecule has 0 saturated carbocycles. The number of anilines is 1. The Labute approximate surface area is 122 Å². The average molecular weight is 316 g/mol. The van der Waals surface area contributed by atoms with E-state index >= 15 is 0 Å². The standard InChI is InChI=1S/C14H9F5N2O/c1-22-8-4-2-7(3-5-8)6-20-21-14-12(18)10(16)9(15)11(17)13(14)19/h2-6,21H,1H3/b20-6-. The first-order valence-corrected chi connectivity index (χ1v) is 5.90. The van der Waals surface area contributed by atoms with Crippen molar-refractivity contribution in [2.75, 3.05) is 12.5 Å². The predicted octanol–water partition coefficient (Wildman–Crippen LogP) is 3.84. The van der Waals surface area contributed by atoms with E-state index in [-0.39, 0.29) is 0 Å². The molecule has 0 amide bonds. The monoisotopic (exact) mass is 316 g/mol. The normalized spacial score (nSPS) is 11.0. The van der Waals surface area contributed by atoms with Gasteiger partial charge in [-0.25, -0.2) is 22.0 Å². The number of rotatable bonds is 4. The Morgan fingerprint density at radius 2 is 1.36 bits per heavy atom. The van der Waals surface area contributed by atoms with Gasteiger partial charge in [-0.1, -0.05) is 0 Å². The van der Waals surface area contributed by atoms with E-state index in [1.165, 1.54) is 7.11 Å². The molecule has 0 radical (unpaired) electrons. The third-order valence-corrected chi connectivity index (χ3v) is 2.72. The minimum Gasteiger partial charge on any atom is -0.497 e. The van der Waals surface area contributed by atoms with E-state index < -0.39 is 34.8 Å². The molecule has 2 aromatic carbocycles. The van der Waals surface area contributed by atoms with Gasteiger partial charge in [0.05, 0.1) is 13.3 Å². The van der Waals surface area contributed by atoms with Crippen molar-refractivity contribution in [3.05, 3.63) is 58.9 Å². The largest absolute Gasteiger partial charge is 0.497 e.